The van der Waals surface area contributed by atoms with Crippen LogP contribution >= 0.6 is 0 Å². The Bertz CT molecular complexity index is 715. The van der Waals surface area contributed by atoms with Crippen molar-refractivity contribution in [1.29, 1.82) is 0 Å². The van der Waals surface area contributed by atoms with Gasteiger partial charge >= 0.3 is 0 Å². The second kappa shape index (κ2) is 6.73. The smallest absolute Gasteiger partial charge is 0.270 e. The first-order chi connectivity index (χ1) is 11.1. The highest BCUT2D eigenvalue weighted by Gasteiger charge is 2.22. The van der Waals surface area contributed by atoms with Gasteiger partial charge in [-0.2, -0.15) is 0 Å². The molecule has 0 radical (unpaired) electrons. The second-order valence-corrected chi connectivity index (χ2v) is 5.73. The molecule has 1 aromatic carbocycles. The van der Waals surface area contributed by atoms with Crippen molar-refractivity contribution in [3.05, 3.63) is 53.1 Å². The van der Waals surface area contributed by atoms with Gasteiger partial charge in [-0.25, -0.2) is 14.4 Å². The van der Waals surface area contributed by atoms with E-state index in [1.54, 1.807) is 24.3 Å². The third-order valence-corrected chi connectivity index (χ3v) is 3.64. The van der Waals surface area contributed by atoms with Gasteiger partial charge in [0.2, 0.25) is 5.95 Å². The summed E-state index contributed by atoms with van der Waals surface area (Å²) in [5.41, 5.74) is 1.65. The number of halogens is 1. The highest BCUT2D eigenvalue weighted by Crippen LogP contribution is 2.23. The molecule has 0 bridgehead atoms. The lowest BCUT2D eigenvalue weighted by molar-refractivity contribution is 0.0949. The Kier molecular flexibility index (Phi) is 4.50. The Morgan fingerprint density at radius 3 is 2.83 bits per heavy atom. The Morgan fingerprint density at radius 2 is 2.09 bits per heavy atom. The molecule has 23 heavy (non-hydrogen) atoms. The fourth-order valence-corrected chi connectivity index (χ4v) is 2.26. The first-order valence-electron chi connectivity index (χ1n) is 7.75. The van der Waals surface area contributed by atoms with Gasteiger partial charge < -0.3 is 10.6 Å². The average molecular weight is 314 g/mol. The molecule has 0 unspecified atom stereocenters. The number of amides is 1. The van der Waals surface area contributed by atoms with Crippen LogP contribution in [-0.4, -0.2) is 28.5 Å². The van der Waals surface area contributed by atoms with Gasteiger partial charge in [-0.3, -0.25) is 4.79 Å². The Labute approximate surface area is 134 Å². The maximum atomic E-state index is 13.5. The van der Waals surface area contributed by atoms with Crippen molar-refractivity contribution in [2.45, 2.75) is 32.2 Å². The summed E-state index contributed by atoms with van der Waals surface area (Å²) >= 11 is 0. The van der Waals surface area contributed by atoms with Gasteiger partial charge in [0.15, 0.2) is 0 Å². The number of hydrogen-bond acceptors (Lipinski definition) is 4. The molecule has 1 amide bonds. The predicted octanol–water partition coefficient (Wildman–Crippen LogP) is 2.47. The van der Waals surface area contributed by atoms with E-state index in [0.717, 1.165) is 18.5 Å². The normalized spacial score (nSPS) is 13.7. The first kappa shape index (κ1) is 15.4. The molecule has 0 spiro atoms. The quantitative estimate of drug-likeness (QED) is 0.859. The SMILES string of the molecule is Cc1cc(C(=O)NCCc2ccccc2F)nc(NC2CC2)n1. The summed E-state index contributed by atoms with van der Waals surface area (Å²) in [6.07, 6.45) is 2.67. The number of carbonyl (C=O) groups excluding carboxylic acids is 1. The van der Waals surface area contributed by atoms with Crippen LogP contribution in [0.2, 0.25) is 0 Å². The van der Waals surface area contributed by atoms with E-state index in [2.05, 4.69) is 20.6 Å². The van der Waals surface area contributed by atoms with Crippen LogP contribution in [0.1, 0.15) is 34.6 Å². The monoisotopic (exact) mass is 314 g/mol. The summed E-state index contributed by atoms with van der Waals surface area (Å²) in [6.45, 7) is 2.18. The van der Waals surface area contributed by atoms with Crippen molar-refractivity contribution in [1.82, 2.24) is 15.3 Å². The number of nitrogens with zero attached hydrogens (tertiary/aromatic N) is 2. The first-order valence-corrected chi connectivity index (χ1v) is 7.75. The summed E-state index contributed by atoms with van der Waals surface area (Å²) in [7, 11) is 0. The molecule has 1 fully saturated rings. The van der Waals surface area contributed by atoms with Crippen LogP contribution in [0.4, 0.5) is 10.3 Å². The predicted molar refractivity (Wildman–Crippen MR) is 85.9 cm³/mol. The topological polar surface area (TPSA) is 66.9 Å². The van der Waals surface area contributed by atoms with Crippen molar-refractivity contribution < 1.29 is 9.18 Å². The molecule has 5 nitrogen and oxygen atoms in total. The summed E-state index contributed by atoms with van der Waals surface area (Å²) in [5, 5.41) is 5.96. The standard InChI is InChI=1S/C17H19FN4O/c1-11-10-15(22-17(20-11)21-13-6-7-13)16(23)19-9-8-12-4-2-3-5-14(12)18/h2-5,10,13H,6-9H2,1H3,(H,19,23)(H,20,21,22). The molecule has 1 aromatic heterocycles. The molecule has 1 saturated carbocycles. The number of hydrogen-bond donors (Lipinski definition) is 2. The van der Waals surface area contributed by atoms with E-state index in [-0.39, 0.29) is 11.7 Å². The molecule has 1 aliphatic carbocycles. The molecule has 3 rings (SSSR count). The summed E-state index contributed by atoms with van der Waals surface area (Å²) in [4.78, 5) is 20.7. The summed E-state index contributed by atoms with van der Waals surface area (Å²) < 4.78 is 13.5. The highest BCUT2D eigenvalue weighted by molar-refractivity contribution is 5.92. The van der Waals surface area contributed by atoms with Crippen LogP contribution in [0.25, 0.3) is 0 Å². The van der Waals surface area contributed by atoms with E-state index in [4.69, 9.17) is 0 Å². The number of nitrogens with one attached hydrogen (secondary N) is 2. The number of rotatable bonds is 6. The lowest BCUT2D eigenvalue weighted by Gasteiger charge is -2.08. The van der Waals surface area contributed by atoms with Gasteiger partial charge in [0.25, 0.3) is 5.91 Å². The van der Waals surface area contributed by atoms with Crippen molar-refractivity contribution in [2.24, 2.45) is 0 Å². The minimum absolute atomic E-state index is 0.254. The van der Waals surface area contributed by atoms with Crippen LogP contribution in [0.3, 0.4) is 0 Å². The molecular formula is C17H19FN4O. The van der Waals surface area contributed by atoms with E-state index >= 15 is 0 Å². The lowest BCUT2D eigenvalue weighted by atomic mass is 10.1. The zero-order valence-electron chi connectivity index (χ0n) is 13.0. The number of benzene rings is 1. The fraction of sp³-hybridized carbons (Fsp3) is 0.353. The maximum Gasteiger partial charge on any atom is 0.270 e. The third kappa shape index (κ3) is 4.25. The largest absolute Gasteiger partial charge is 0.351 e. The number of aryl methyl sites for hydroxylation is 1. The highest BCUT2D eigenvalue weighted by atomic mass is 19.1. The lowest BCUT2D eigenvalue weighted by Crippen LogP contribution is -2.27. The molecule has 6 heteroatoms. The average Bonchev–Trinajstić information content (AvgIpc) is 3.32. The molecule has 1 aliphatic rings. The molecule has 1 heterocycles. The van der Waals surface area contributed by atoms with Gasteiger partial charge in [0.1, 0.15) is 11.5 Å². The van der Waals surface area contributed by atoms with Crippen molar-refractivity contribution in [3.63, 3.8) is 0 Å². The molecule has 0 aliphatic heterocycles. The number of aromatic nitrogens is 2. The molecule has 2 aromatic rings. The van der Waals surface area contributed by atoms with E-state index in [0.29, 0.717) is 36.2 Å². The minimum Gasteiger partial charge on any atom is -0.351 e. The fourth-order valence-electron chi connectivity index (χ4n) is 2.26. The van der Waals surface area contributed by atoms with E-state index < -0.39 is 0 Å². The number of carbonyl (C=O) groups is 1. The molecule has 120 valence electrons. The molecule has 2 N–H and O–H groups in total. The van der Waals surface area contributed by atoms with Crippen molar-refractivity contribution in [3.8, 4) is 0 Å². The van der Waals surface area contributed by atoms with Gasteiger partial charge in [-0.1, -0.05) is 18.2 Å². The molecular weight excluding hydrogens is 295 g/mol. The van der Waals surface area contributed by atoms with Crippen LogP contribution in [0, 0.1) is 12.7 Å². The van der Waals surface area contributed by atoms with Crippen LogP contribution in [0.5, 0.6) is 0 Å². The number of anilines is 1. The Balaban J connectivity index is 1.59. The van der Waals surface area contributed by atoms with Crippen LogP contribution in [-0.2, 0) is 6.42 Å². The third-order valence-electron chi connectivity index (χ3n) is 3.64. The van der Waals surface area contributed by atoms with Gasteiger partial charge in [-0.05, 0) is 43.9 Å². The Hall–Kier alpha value is -2.50. The summed E-state index contributed by atoms with van der Waals surface area (Å²) in [6, 6.07) is 8.64. The van der Waals surface area contributed by atoms with Gasteiger partial charge in [0, 0.05) is 18.3 Å². The van der Waals surface area contributed by atoms with E-state index in [9.17, 15) is 9.18 Å². The van der Waals surface area contributed by atoms with Crippen LogP contribution in [0.15, 0.2) is 30.3 Å². The molecule has 0 saturated heterocycles. The van der Waals surface area contributed by atoms with E-state index in [1.807, 2.05) is 6.92 Å². The van der Waals surface area contributed by atoms with Crippen molar-refractivity contribution >= 4 is 11.9 Å². The van der Waals surface area contributed by atoms with E-state index in [1.165, 1.54) is 6.07 Å². The minimum atomic E-state index is -0.273. The van der Waals surface area contributed by atoms with Crippen LogP contribution < -0.4 is 10.6 Å². The second-order valence-electron chi connectivity index (χ2n) is 5.73. The van der Waals surface area contributed by atoms with Crippen molar-refractivity contribution in [2.75, 3.05) is 11.9 Å². The maximum absolute atomic E-state index is 13.5. The summed E-state index contributed by atoms with van der Waals surface area (Å²) in [5.74, 6) is -0.0343. The van der Waals surface area contributed by atoms with Gasteiger partial charge in [-0.15, -0.1) is 0 Å². The Morgan fingerprint density at radius 1 is 1.30 bits per heavy atom. The van der Waals surface area contributed by atoms with Gasteiger partial charge in [0.05, 0.1) is 0 Å². The molecule has 0 atom stereocenters. The zero-order chi connectivity index (χ0) is 16.2. The zero-order valence-corrected chi connectivity index (χ0v) is 13.0.